The minimum atomic E-state index is -1.03. The van der Waals surface area contributed by atoms with Crippen molar-refractivity contribution in [1.29, 1.82) is 0 Å². The molecule has 0 amide bonds. The molecule has 0 bridgehead atoms. The predicted molar refractivity (Wildman–Crippen MR) is 102 cm³/mol. The summed E-state index contributed by atoms with van der Waals surface area (Å²) in [5.41, 5.74) is 1.83. The van der Waals surface area contributed by atoms with Crippen LogP contribution in [0, 0.1) is 12.3 Å². The summed E-state index contributed by atoms with van der Waals surface area (Å²) in [6, 6.07) is 8.99. The van der Waals surface area contributed by atoms with Crippen molar-refractivity contribution in [3.63, 3.8) is 0 Å². The summed E-state index contributed by atoms with van der Waals surface area (Å²) in [5.74, 6) is 2.08. The fourth-order valence-corrected chi connectivity index (χ4v) is 2.22. The van der Waals surface area contributed by atoms with E-state index in [1.54, 1.807) is 19.1 Å². The Bertz CT molecular complexity index is 646. The quantitative estimate of drug-likeness (QED) is 0.403. The van der Waals surface area contributed by atoms with Gasteiger partial charge in [-0.3, -0.25) is 0 Å². The number of terminal acetylenes is 1. The average molecular weight is 340 g/mol. The number of ether oxygens (including phenoxy) is 1. The lowest BCUT2D eigenvalue weighted by Gasteiger charge is -2.14. The Labute approximate surface area is 151 Å². The maximum Gasteiger partial charge on any atom is 0.338 e. The van der Waals surface area contributed by atoms with Crippen molar-refractivity contribution in [3.05, 3.63) is 59.2 Å². The van der Waals surface area contributed by atoms with Gasteiger partial charge in [-0.05, 0) is 64.2 Å². The molecule has 1 N–H and O–H groups in total. The molecule has 0 heterocycles. The zero-order valence-corrected chi connectivity index (χ0v) is 15.4. The number of allylic oxidation sites excluding steroid dienone is 3. The van der Waals surface area contributed by atoms with E-state index in [2.05, 4.69) is 25.0 Å². The second-order valence-corrected chi connectivity index (χ2v) is 6.54. The number of hydrogen-bond acceptors (Lipinski definition) is 3. The van der Waals surface area contributed by atoms with Crippen molar-refractivity contribution in [1.82, 2.24) is 0 Å². The Balaban J connectivity index is 2.31. The highest BCUT2D eigenvalue weighted by atomic mass is 16.5. The topological polar surface area (TPSA) is 46.5 Å². The molecule has 0 radical (unpaired) electrons. The highest BCUT2D eigenvalue weighted by Gasteiger charge is 2.14. The average Bonchev–Trinajstić information content (AvgIpc) is 2.60. The van der Waals surface area contributed by atoms with E-state index in [4.69, 9.17) is 11.2 Å². The summed E-state index contributed by atoms with van der Waals surface area (Å²) >= 11 is 0. The van der Waals surface area contributed by atoms with Crippen LogP contribution >= 0.6 is 0 Å². The maximum atomic E-state index is 11.9. The maximum absolute atomic E-state index is 11.9. The van der Waals surface area contributed by atoms with Crippen LogP contribution in [0.1, 0.15) is 56.8 Å². The van der Waals surface area contributed by atoms with Crippen LogP contribution in [-0.2, 0) is 4.74 Å². The second-order valence-electron chi connectivity index (χ2n) is 6.54. The predicted octanol–water partition coefficient (Wildman–Crippen LogP) is 4.68. The van der Waals surface area contributed by atoms with Crippen LogP contribution < -0.4 is 0 Å². The summed E-state index contributed by atoms with van der Waals surface area (Å²) in [7, 11) is 0. The van der Waals surface area contributed by atoms with Gasteiger partial charge >= 0.3 is 5.97 Å². The summed E-state index contributed by atoms with van der Waals surface area (Å²) in [6.07, 6.45) is 12.6. The van der Waals surface area contributed by atoms with Gasteiger partial charge in [-0.1, -0.05) is 41.8 Å². The van der Waals surface area contributed by atoms with Gasteiger partial charge < -0.3 is 9.84 Å². The first-order chi connectivity index (χ1) is 11.8. The third kappa shape index (κ3) is 8.93. The van der Waals surface area contributed by atoms with Gasteiger partial charge in [0.1, 0.15) is 12.2 Å². The van der Waals surface area contributed by atoms with Crippen LogP contribution in [0.3, 0.4) is 0 Å². The first kappa shape index (κ1) is 20.7. The number of carbonyl (C=O) groups excluding carboxylic acids is 1. The molecule has 134 valence electrons. The minimum absolute atomic E-state index is 0.301. The molecular weight excluding hydrogens is 312 g/mol. The van der Waals surface area contributed by atoms with E-state index in [-0.39, 0.29) is 5.97 Å². The number of hydrogen-bond donors (Lipinski definition) is 1. The molecule has 25 heavy (non-hydrogen) atoms. The molecule has 3 heteroatoms. The zero-order valence-electron chi connectivity index (χ0n) is 15.4. The molecule has 1 rings (SSSR count). The van der Waals surface area contributed by atoms with Crippen LogP contribution in [0.4, 0.5) is 0 Å². The summed E-state index contributed by atoms with van der Waals surface area (Å²) in [5, 5.41) is 9.75. The van der Waals surface area contributed by atoms with Crippen LogP contribution in [0.5, 0.6) is 0 Å². The van der Waals surface area contributed by atoms with Crippen molar-refractivity contribution in [2.75, 3.05) is 6.61 Å². The normalized spacial score (nSPS) is 14.5. The van der Waals surface area contributed by atoms with Gasteiger partial charge in [-0.15, -0.1) is 6.42 Å². The molecule has 1 unspecified atom stereocenters. The van der Waals surface area contributed by atoms with E-state index >= 15 is 0 Å². The van der Waals surface area contributed by atoms with E-state index in [0.29, 0.717) is 18.6 Å². The van der Waals surface area contributed by atoms with Crippen molar-refractivity contribution < 1.29 is 14.6 Å². The Morgan fingerprint density at radius 1 is 1.20 bits per heavy atom. The summed E-state index contributed by atoms with van der Waals surface area (Å²) in [4.78, 5) is 11.9. The van der Waals surface area contributed by atoms with Crippen molar-refractivity contribution >= 4 is 5.97 Å². The monoisotopic (exact) mass is 340 g/mol. The van der Waals surface area contributed by atoms with Gasteiger partial charge in [-0.2, -0.15) is 0 Å². The highest BCUT2D eigenvalue weighted by Crippen LogP contribution is 2.14. The van der Waals surface area contributed by atoms with Gasteiger partial charge in [0.15, 0.2) is 0 Å². The number of rotatable bonds is 9. The number of esters is 1. The molecular formula is C22H28O3. The van der Waals surface area contributed by atoms with Crippen LogP contribution in [0.15, 0.2) is 53.6 Å². The fraction of sp³-hybridized carbons (Fsp3) is 0.409. The van der Waals surface area contributed by atoms with Crippen molar-refractivity contribution in [2.24, 2.45) is 0 Å². The molecule has 0 aliphatic carbocycles. The van der Waals surface area contributed by atoms with Crippen LogP contribution in [0.2, 0.25) is 0 Å². The lowest BCUT2D eigenvalue weighted by molar-refractivity contribution is 0.0539. The van der Waals surface area contributed by atoms with Crippen LogP contribution in [0.25, 0.3) is 0 Å². The third-order valence-electron chi connectivity index (χ3n) is 3.91. The van der Waals surface area contributed by atoms with E-state index in [0.717, 1.165) is 24.8 Å². The van der Waals surface area contributed by atoms with Crippen LogP contribution in [-0.4, -0.2) is 23.3 Å². The largest absolute Gasteiger partial charge is 0.458 e. The second kappa shape index (κ2) is 10.5. The van der Waals surface area contributed by atoms with Crippen molar-refractivity contribution in [2.45, 2.75) is 52.1 Å². The standard InChI is InChI=1S/C22H28O3/c1-5-22(4,24)16-10-13-18(2)11-9-12-19(3)17-25-21(23)20-14-7-6-8-15-20/h1,6-8,12-15,24H,9-11,16-17H2,2-4H3. The molecule has 0 saturated heterocycles. The van der Waals surface area contributed by atoms with E-state index in [1.165, 1.54) is 5.57 Å². The Hall–Kier alpha value is -2.31. The van der Waals surface area contributed by atoms with Gasteiger partial charge in [0.25, 0.3) is 0 Å². The Morgan fingerprint density at radius 3 is 2.48 bits per heavy atom. The molecule has 0 aliphatic rings. The van der Waals surface area contributed by atoms with Gasteiger partial charge in [0.2, 0.25) is 0 Å². The zero-order chi connectivity index (χ0) is 18.7. The van der Waals surface area contributed by atoms with Gasteiger partial charge in [0, 0.05) is 0 Å². The molecule has 0 fully saturated rings. The molecule has 1 aromatic rings. The molecule has 3 nitrogen and oxygen atoms in total. The summed E-state index contributed by atoms with van der Waals surface area (Å²) in [6.45, 7) is 5.99. The lowest BCUT2D eigenvalue weighted by atomic mass is 10.00. The molecule has 0 aromatic heterocycles. The van der Waals surface area contributed by atoms with Crippen molar-refractivity contribution in [3.8, 4) is 12.3 Å². The molecule has 0 saturated carbocycles. The first-order valence-corrected chi connectivity index (χ1v) is 8.57. The fourth-order valence-electron chi connectivity index (χ4n) is 2.22. The molecule has 0 spiro atoms. The molecule has 1 aromatic carbocycles. The number of carbonyl (C=O) groups is 1. The SMILES string of the molecule is C#CC(C)(O)CCC=C(C)CCC=C(C)COC(=O)c1ccccc1. The van der Waals surface area contributed by atoms with Gasteiger partial charge in [0.05, 0.1) is 5.56 Å². The smallest absolute Gasteiger partial charge is 0.338 e. The molecule has 1 atom stereocenters. The van der Waals surface area contributed by atoms with E-state index in [1.807, 2.05) is 25.1 Å². The van der Waals surface area contributed by atoms with E-state index in [9.17, 15) is 9.90 Å². The van der Waals surface area contributed by atoms with E-state index < -0.39 is 5.60 Å². The number of aliphatic hydroxyl groups is 1. The molecule has 0 aliphatic heterocycles. The Morgan fingerprint density at radius 2 is 1.84 bits per heavy atom. The first-order valence-electron chi connectivity index (χ1n) is 8.57. The van der Waals surface area contributed by atoms with Gasteiger partial charge in [-0.25, -0.2) is 4.79 Å². The summed E-state index contributed by atoms with van der Waals surface area (Å²) < 4.78 is 5.29. The highest BCUT2D eigenvalue weighted by molar-refractivity contribution is 5.89. The minimum Gasteiger partial charge on any atom is -0.458 e. The lowest BCUT2D eigenvalue weighted by Crippen LogP contribution is -2.20. The Kier molecular flexibility index (Phi) is 8.74. The number of benzene rings is 1. The third-order valence-corrected chi connectivity index (χ3v) is 3.91.